The highest BCUT2D eigenvalue weighted by atomic mass is 16.7. The summed E-state index contributed by atoms with van der Waals surface area (Å²) in [6, 6.07) is 9.30. The van der Waals surface area contributed by atoms with Gasteiger partial charge in [0.25, 0.3) is 0 Å². The van der Waals surface area contributed by atoms with Crippen LogP contribution in [-0.2, 0) is 35.1 Å². The average molecular weight is 410 g/mol. The molecule has 0 amide bonds. The lowest BCUT2D eigenvalue weighted by molar-refractivity contribution is -0.307. The second-order valence-electron chi connectivity index (χ2n) is 6.96. The summed E-state index contributed by atoms with van der Waals surface area (Å²) in [6.07, 6.45) is -4.54. The molecule has 0 aromatic heterocycles. The molecule has 5 atom stereocenters. The zero-order valence-corrected chi connectivity index (χ0v) is 16.9. The Bertz CT molecular complexity index is 633. The van der Waals surface area contributed by atoms with Gasteiger partial charge in [0, 0.05) is 12.8 Å². The lowest BCUT2D eigenvalue weighted by Crippen LogP contribution is -2.60. The third-order valence-corrected chi connectivity index (χ3v) is 4.49. The molecule has 1 heterocycles. The molecular weight excluding hydrogens is 380 g/mol. The van der Waals surface area contributed by atoms with E-state index in [0.717, 1.165) is 5.56 Å². The van der Waals surface area contributed by atoms with Crippen molar-refractivity contribution >= 4 is 11.9 Å². The van der Waals surface area contributed by atoms with Gasteiger partial charge in [-0.15, -0.1) is 0 Å². The quantitative estimate of drug-likeness (QED) is 0.561. The first-order valence-electron chi connectivity index (χ1n) is 9.98. The van der Waals surface area contributed by atoms with Crippen LogP contribution in [0.3, 0.4) is 0 Å². The van der Waals surface area contributed by atoms with E-state index in [1.165, 1.54) is 0 Å². The first-order chi connectivity index (χ1) is 14.0. The molecule has 0 unspecified atom stereocenters. The van der Waals surface area contributed by atoms with E-state index in [-0.39, 0.29) is 26.1 Å². The van der Waals surface area contributed by atoms with E-state index in [4.69, 9.17) is 18.9 Å². The molecule has 0 radical (unpaired) electrons. The maximum atomic E-state index is 12.0. The minimum Gasteiger partial charge on any atom is -0.463 e. The lowest BCUT2D eigenvalue weighted by atomic mass is 9.99. The fraction of sp³-hybridized carbons (Fsp3) is 0.619. The van der Waals surface area contributed by atoms with Crippen LogP contribution in [0.15, 0.2) is 30.3 Å². The van der Waals surface area contributed by atoms with E-state index in [1.54, 1.807) is 0 Å². The molecular formula is C21H30O8. The molecule has 162 valence electrons. The van der Waals surface area contributed by atoms with Gasteiger partial charge in [-0.1, -0.05) is 44.2 Å². The summed E-state index contributed by atoms with van der Waals surface area (Å²) >= 11 is 0. The van der Waals surface area contributed by atoms with Crippen molar-refractivity contribution in [3.63, 3.8) is 0 Å². The average Bonchev–Trinajstić information content (AvgIpc) is 2.71. The highest BCUT2D eigenvalue weighted by molar-refractivity contribution is 5.69. The van der Waals surface area contributed by atoms with Gasteiger partial charge < -0.3 is 29.2 Å². The fourth-order valence-corrected chi connectivity index (χ4v) is 2.92. The van der Waals surface area contributed by atoms with Crippen LogP contribution in [0.25, 0.3) is 0 Å². The largest absolute Gasteiger partial charge is 0.463 e. The van der Waals surface area contributed by atoms with Crippen molar-refractivity contribution in [3.8, 4) is 0 Å². The monoisotopic (exact) mass is 410 g/mol. The third-order valence-electron chi connectivity index (χ3n) is 4.49. The molecule has 0 spiro atoms. The second-order valence-corrected chi connectivity index (χ2v) is 6.96. The first-order valence-corrected chi connectivity index (χ1v) is 9.98. The van der Waals surface area contributed by atoms with Crippen molar-refractivity contribution in [2.75, 3.05) is 6.61 Å². The zero-order chi connectivity index (χ0) is 21.2. The Balaban J connectivity index is 2.07. The van der Waals surface area contributed by atoms with Crippen molar-refractivity contribution in [3.05, 3.63) is 35.9 Å². The maximum Gasteiger partial charge on any atom is 0.306 e. The van der Waals surface area contributed by atoms with E-state index >= 15 is 0 Å². The number of ether oxygens (including phenoxy) is 4. The number of esters is 2. The minimum absolute atomic E-state index is 0.151. The maximum absolute atomic E-state index is 12.0. The molecule has 2 N–H and O–H groups in total. The number of benzene rings is 1. The zero-order valence-electron chi connectivity index (χ0n) is 16.9. The molecule has 8 nitrogen and oxygen atoms in total. The highest BCUT2D eigenvalue weighted by Gasteiger charge is 2.47. The van der Waals surface area contributed by atoms with Crippen LogP contribution in [0.5, 0.6) is 0 Å². The van der Waals surface area contributed by atoms with Gasteiger partial charge in [0.1, 0.15) is 24.9 Å². The standard InChI is InChI=1S/C21H30O8/c1-3-8-16(22)26-13-15-18(24)19(25)20(29-17(23)9-4-2)21(28-15)27-12-14-10-6-5-7-11-14/h5-7,10-11,15,18-21,24-25H,3-4,8-9,12-13H2,1-2H3/t15-,18-,19+,20-,21+/m1/s1. The summed E-state index contributed by atoms with van der Waals surface area (Å²) < 4.78 is 21.9. The normalized spacial score (nSPS) is 26.7. The summed E-state index contributed by atoms with van der Waals surface area (Å²) in [5.41, 5.74) is 0.862. The summed E-state index contributed by atoms with van der Waals surface area (Å²) in [6.45, 7) is 3.59. The SMILES string of the molecule is CCCC(=O)OC[C@H]1O[C@H](OCc2ccccc2)[C@H](OC(=O)CCC)[C@@H](O)[C@@H]1O. The van der Waals surface area contributed by atoms with Gasteiger partial charge in [0.05, 0.1) is 6.61 Å². The number of hydrogen-bond acceptors (Lipinski definition) is 8. The number of aliphatic hydroxyl groups is 2. The summed E-state index contributed by atoms with van der Waals surface area (Å²) in [5.74, 6) is -0.940. The number of hydrogen-bond donors (Lipinski definition) is 2. The van der Waals surface area contributed by atoms with Crippen molar-refractivity contribution < 1.29 is 38.7 Å². The van der Waals surface area contributed by atoms with Crippen molar-refractivity contribution in [2.24, 2.45) is 0 Å². The topological polar surface area (TPSA) is 112 Å². The van der Waals surface area contributed by atoms with Crippen LogP contribution < -0.4 is 0 Å². The molecule has 2 rings (SSSR count). The second kappa shape index (κ2) is 11.9. The van der Waals surface area contributed by atoms with E-state index in [1.807, 2.05) is 44.2 Å². The van der Waals surface area contributed by atoms with E-state index in [0.29, 0.717) is 12.8 Å². The Morgan fingerprint density at radius 3 is 2.31 bits per heavy atom. The van der Waals surface area contributed by atoms with Crippen LogP contribution in [0.2, 0.25) is 0 Å². The van der Waals surface area contributed by atoms with Crippen LogP contribution in [0.1, 0.15) is 45.1 Å². The Morgan fingerprint density at radius 2 is 1.66 bits per heavy atom. The van der Waals surface area contributed by atoms with Crippen molar-refractivity contribution in [1.29, 1.82) is 0 Å². The molecule has 1 aromatic carbocycles. The molecule has 29 heavy (non-hydrogen) atoms. The highest BCUT2D eigenvalue weighted by Crippen LogP contribution is 2.26. The Labute approximate surface area is 170 Å². The molecule has 1 saturated heterocycles. The minimum atomic E-state index is -1.44. The van der Waals surface area contributed by atoms with E-state index in [2.05, 4.69) is 0 Å². The Morgan fingerprint density at radius 1 is 1.00 bits per heavy atom. The molecule has 0 saturated carbocycles. The van der Waals surface area contributed by atoms with Crippen LogP contribution >= 0.6 is 0 Å². The summed E-state index contributed by atoms with van der Waals surface area (Å²) in [7, 11) is 0. The number of carbonyl (C=O) groups excluding carboxylic acids is 2. The molecule has 0 bridgehead atoms. The third kappa shape index (κ3) is 7.08. The number of rotatable bonds is 10. The number of carbonyl (C=O) groups is 2. The van der Waals surface area contributed by atoms with Crippen LogP contribution in [-0.4, -0.2) is 59.5 Å². The van der Waals surface area contributed by atoms with Gasteiger partial charge in [0.2, 0.25) is 0 Å². The molecule has 8 heteroatoms. The summed E-state index contributed by atoms with van der Waals surface area (Å²) in [4.78, 5) is 23.6. The van der Waals surface area contributed by atoms with Crippen LogP contribution in [0.4, 0.5) is 0 Å². The Hall–Kier alpha value is -2.00. The van der Waals surface area contributed by atoms with Gasteiger partial charge in [-0.3, -0.25) is 9.59 Å². The summed E-state index contributed by atoms with van der Waals surface area (Å²) in [5, 5.41) is 20.9. The molecule has 1 aromatic rings. The Kier molecular flexibility index (Phi) is 9.53. The van der Waals surface area contributed by atoms with Gasteiger partial charge >= 0.3 is 11.9 Å². The first kappa shape index (κ1) is 23.3. The predicted molar refractivity (Wildman–Crippen MR) is 103 cm³/mol. The molecule has 0 aliphatic carbocycles. The van der Waals surface area contributed by atoms with Gasteiger partial charge in [0.15, 0.2) is 12.4 Å². The molecule has 1 aliphatic rings. The smallest absolute Gasteiger partial charge is 0.306 e. The van der Waals surface area contributed by atoms with Gasteiger partial charge in [-0.25, -0.2) is 0 Å². The predicted octanol–water partition coefficient (Wildman–Crippen LogP) is 1.71. The molecule has 1 aliphatic heterocycles. The van der Waals surface area contributed by atoms with Gasteiger partial charge in [-0.05, 0) is 18.4 Å². The van der Waals surface area contributed by atoms with Crippen molar-refractivity contribution in [1.82, 2.24) is 0 Å². The fourth-order valence-electron chi connectivity index (χ4n) is 2.92. The van der Waals surface area contributed by atoms with Crippen molar-refractivity contribution in [2.45, 2.75) is 76.8 Å². The van der Waals surface area contributed by atoms with E-state index in [9.17, 15) is 19.8 Å². The van der Waals surface area contributed by atoms with Crippen LogP contribution in [0, 0.1) is 0 Å². The van der Waals surface area contributed by atoms with E-state index < -0.39 is 42.6 Å². The molecule has 1 fully saturated rings. The lowest BCUT2D eigenvalue weighted by Gasteiger charge is -2.41. The number of aliphatic hydroxyl groups excluding tert-OH is 2. The van der Waals surface area contributed by atoms with Gasteiger partial charge in [-0.2, -0.15) is 0 Å².